The molecule has 1 unspecified atom stereocenters. The highest BCUT2D eigenvalue weighted by Gasteiger charge is 2.22. The standard InChI is InChI=1S/C27H30FN3O3S/c1-4-7-20(3)35(32,33)30-19(2)16-21-8-5-6-9-27(21)34-25-14-15-26-22(17-25)18-29-31(26)24-12-10-23(28)11-13-24/h5-6,8-15,17-20,30H,4,7,16H2,1-3H3/t19-,20?/m0/s1. The molecule has 0 bridgehead atoms. The molecule has 0 saturated heterocycles. The summed E-state index contributed by atoms with van der Waals surface area (Å²) in [5.41, 5.74) is 2.56. The van der Waals surface area contributed by atoms with Crippen molar-refractivity contribution in [2.24, 2.45) is 0 Å². The number of benzene rings is 3. The van der Waals surface area contributed by atoms with Crippen LogP contribution >= 0.6 is 0 Å². The van der Waals surface area contributed by atoms with Crippen LogP contribution in [0.3, 0.4) is 0 Å². The molecule has 184 valence electrons. The van der Waals surface area contributed by atoms with Gasteiger partial charge in [0.15, 0.2) is 0 Å². The maximum atomic E-state index is 13.3. The third-order valence-electron chi connectivity index (χ3n) is 5.93. The Morgan fingerprint density at radius 2 is 1.80 bits per heavy atom. The van der Waals surface area contributed by atoms with Gasteiger partial charge in [-0.2, -0.15) is 5.10 Å². The molecule has 0 spiro atoms. The second-order valence-corrected chi connectivity index (χ2v) is 11.0. The van der Waals surface area contributed by atoms with Gasteiger partial charge >= 0.3 is 0 Å². The van der Waals surface area contributed by atoms with Crippen molar-refractivity contribution in [3.8, 4) is 17.2 Å². The summed E-state index contributed by atoms with van der Waals surface area (Å²) in [6.07, 6.45) is 3.69. The minimum absolute atomic E-state index is 0.277. The lowest BCUT2D eigenvalue weighted by Gasteiger charge is -2.19. The Kier molecular flexibility index (Phi) is 7.52. The number of sulfonamides is 1. The molecule has 0 aliphatic carbocycles. The number of hydrogen-bond acceptors (Lipinski definition) is 4. The molecule has 1 heterocycles. The largest absolute Gasteiger partial charge is 0.457 e. The van der Waals surface area contributed by atoms with Gasteiger partial charge in [0.1, 0.15) is 17.3 Å². The second kappa shape index (κ2) is 10.6. The van der Waals surface area contributed by atoms with E-state index in [1.807, 2.05) is 56.3 Å². The molecule has 8 heteroatoms. The molecule has 0 saturated carbocycles. The molecule has 3 aromatic carbocycles. The van der Waals surface area contributed by atoms with Crippen LogP contribution in [0.4, 0.5) is 4.39 Å². The highest BCUT2D eigenvalue weighted by Crippen LogP contribution is 2.30. The minimum atomic E-state index is -3.38. The lowest BCUT2D eigenvalue weighted by atomic mass is 10.1. The summed E-state index contributed by atoms with van der Waals surface area (Å²) < 4.78 is 49.2. The van der Waals surface area contributed by atoms with Crippen molar-refractivity contribution in [3.63, 3.8) is 0 Å². The van der Waals surface area contributed by atoms with Crippen LogP contribution in [0, 0.1) is 5.82 Å². The van der Waals surface area contributed by atoms with Gasteiger partial charge in [0, 0.05) is 11.4 Å². The quantitative estimate of drug-likeness (QED) is 0.293. The van der Waals surface area contributed by atoms with Crippen LogP contribution in [0.1, 0.15) is 39.2 Å². The van der Waals surface area contributed by atoms with Crippen LogP contribution in [0.2, 0.25) is 0 Å². The van der Waals surface area contributed by atoms with Gasteiger partial charge in [0.2, 0.25) is 10.0 Å². The summed E-state index contributed by atoms with van der Waals surface area (Å²) in [6, 6.07) is 19.2. The van der Waals surface area contributed by atoms with E-state index in [9.17, 15) is 12.8 Å². The Labute approximate surface area is 205 Å². The highest BCUT2D eigenvalue weighted by molar-refractivity contribution is 7.90. The molecule has 4 aromatic rings. The normalized spacial score (nSPS) is 13.6. The number of halogens is 1. The number of hydrogen-bond donors (Lipinski definition) is 1. The van der Waals surface area contributed by atoms with Crippen LogP contribution < -0.4 is 9.46 Å². The van der Waals surface area contributed by atoms with Crippen LogP contribution in [0.15, 0.2) is 72.9 Å². The Morgan fingerprint density at radius 1 is 1.06 bits per heavy atom. The average Bonchev–Trinajstić information content (AvgIpc) is 3.24. The van der Waals surface area contributed by atoms with E-state index in [0.29, 0.717) is 24.3 Å². The fourth-order valence-corrected chi connectivity index (χ4v) is 5.51. The number of fused-ring (bicyclic) bond motifs is 1. The van der Waals surface area contributed by atoms with E-state index < -0.39 is 15.3 Å². The summed E-state index contributed by atoms with van der Waals surface area (Å²) in [5.74, 6) is 1.02. The van der Waals surface area contributed by atoms with Crippen LogP contribution in [0.25, 0.3) is 16.6 Å². The number of ether oxygens (including phenoxy) is 1. The van der Waals surface area contributed by atoms with E-state index in [1.165, 1.54) is 12.1 Å². The molecule has 6 nitrogen and oxygen atoms in total. The van der Waals surface area contributed by atoms with Crippen molar-refractivity contribution in [1.82, 2.24) is 14.5 Å². The lowest BCUT2D eigenvalue weighted by Crippen LogP contribution is -2.39. The van der Waals surface area contributed by atoms with E-state index >= 15 is 0 Å². The first-order valence-electron chi connectivity index (χ1n) is 11.8. The number of nitrogens with zero attached hydrogens (tertiary/aromatic N) is 2. The molecule has 1 N–H and O–H groups in total. The zero-order valence-corrected chi connectivity index (χ0v) is 20.9. The zero-order valence-electron chi connectivity index (χ0n) is 20.1. The van der Waals surface area contributed by atoms with E-state index in [4.69, 9.17) is 4.74 Å². The number of para-hydroxylation sites is 1. The predicted octanol–water partition coefficient (Wildman–Crippen LogP) is 6.00. The van der Waals surface area contributed by atoms with Crippen LogP contribution in [-0.4, -0.2) is 29.5 Å². The van der Waals surface area contributed by atoms with Crippen molar-refractivity contribution < 1.29 is 17.5 Å². The topological polar surface area (TPSA) is 73.2 Å². The summed E-state index contributed by atoms with van der Waals surface area (Å²) in [6.45, 7) is 5.58. The SMILES string of the molecule is CCCC(C)S(=O)(=O)N[C@@H](C)Cc1ccccc1Oc1ccc2c(cnn2-c2ccc(F)cc2)c1. The third kappa shape index (κ3) is 5.89. The van der Waals surface area contributed by atoms with Crippen molar-refractivity contribution in [2.75, 3.05) is 0 Å². The molecule has 0 aliphatic heterocycles. The van der Waals surface area contributed by atoms with Gasteiger partial charge in [-0.1, -0.05) is 31.5 Å². The fraction of sp³-hybridized carbons (Fsp3) is 0.296. The van der Waals surface area contributed by atoms with Gasteiger partial charge in [-0.15, -0.1) is 0 Å². The zero-order chi connectivity index (χ0) is 25.0. The van der Waals surface area contributed by atoms with E-state index in [0.717, 1.165) is 28.6 Å². The lowest BCUT2D eigenvalue weighted by molar-refractivity contribution is 0.472. The summed E-state index contributed by atoms with van der Waals surface area (Å²) in [5, 5.41) is 4.89. The number of rotatable bonds is 10. The molecule has 0 radical (unpaired) electrons. The maximum absolute atomic E-state index is 13.3. The van der Waals surface area contributed by atoms with Gasteiger partial charge in [-0.05, 0) is 80.8 Å². The monoisotopic (exact) mass is 495 g/mol. The molecule has 0 aliphatic rings. The van der Waals surface area contributed by atoms with E-state index in [-0.39, 0.29) is 11.9 Å². The van der Waals surface area contributed by atoms with Crippen LogP contribution in [-0.2, 0) is 16.4 Å². The van der Waals surface area contributed by atoms with Gasteiger partial charge in [0.25, 0.3) is 0 Å². The number of nitrogens with one attached hydrogen (secondary N) is 1. The second-order valence-electron chi connectivity index (χ2n) is 8.83. The smallest absolute Gasteiger partial charge is 0.214 e. The molecular formula is C27H30FN3O3S. The molecule has 0 amide bonds. The first kappa shape index (κ1) is 24.9. The van der Waals surface area contributed by atoms with Crippen molar-refractivity contribution in [1.29, 1.82) is 0 Å². The Balaban J connectivity index is 1.51. The summed E-state index contributed by atoms with van der Waals surface area (Å²) in [4.78, 5) is 0. The molecule has 0 fully saturated rings. The Morgan fingerprint density at radius 3 is 2.54 bits per heavy atom. The Hall–Kier alpha value is -3.23. The molecular weight excluding hydrogens is 465 g/mol. The van der Waals surface area contributed by atoms with Gasteiger partial charge in [-0.25, -0.2) is 22.2 Å². The summed E-state index contributed by atoms with van der Waals surface area (Å²) in [7, 11) is -3.38. The van der Waals surface area contributed by atoms with Crippen molar-refractivity contribution >= 4 is 20.9 Å². The molecule has 35 heavy (non-hydrogen) atoms. The molecule has 4 rings (SSSR count). The molecule has 1 aromatic heterocycles. The third-order valence-corrected chi connectivity index (χ3v) is 7.95. The van der Waals surface area contributed by atoms with Gasteiger partial charge in [0.05, 0.1) is 22.7 Å². The highest BCUT2D eigenvalue weighted by atomic mass is 32.2. The van der Waals surface area contributed by atoms with Gasteiger partial charge < -0.3 is 4.74 Å². The van der Waals surface area contributed by atoms with Crippen molar-refractivity contribution in [2.45, 2.75) is 51.3 Å². The van der Waals surface area contributed by atoms with E-state index in [1.54, 1.807) is 29.9 Å². The first-order chi connectivity index (χ1) is 16.8. The maximum Gasteiger partial charge on any atom is 0.214 e. The Bertz CT molecular complexity index is 1400. The minimum Gasteiger partial charge on any atom is -0.457 e. The van der Waals surface area contributed by atoms with Crippen LogP contribution in [0.5, 0.6) is 11.5 Å². The summed E-state index contributed by atoms with van der Waals surface area (Å²) >= 11 is 0. The van der Waals surface area contributed by atoms with E-state index in [2.05, 4.69) is 9.82 Å². The molecule has 2 atom stereocenters. The van der Waals surface area contributed by atoms with Gasteiger partial charge in [-0.3, -0.25) is 0 Å². The number of aromatic nitrogens is 2. The fourth-order valence-electron chi connectivity index (χ4n) is 4.09. The van der Waals surface area contributed by atoms with Crippen molar-refractivity contribution in [3.05, 3.63) is 84.3 Å². The predicted molar refractivity (Wildman–Crippen MR) is 137 cm³/mol. The first-order valence-corrected chi connectivity index (χ1v) is 13.3. The average molecular weight is 496 g/mol.